The van der Waals surface area contributed by atoms with Crippen LogP contribution in [0.25, 0.3) is 11.4 Å². The van der Waals surface area contributed by atoms with Crippen molar-refractivity contribution in [3.63, 3.8) is 0 Å². The van der Waals surface area contributed by atoms with Crippen LogP contribution in [0.15, 0.2) is 76.5 Å². The molecule has 0 unspecified atom stereocenters. The van der Waals surface area contributed by atoms with Crippen molar-refractivity contribution in [1.82, 2.24) is 14.8 Å². The molecule has 0 spiro atoms. The van der Waals surface area contributed by atoms with Crippen LogP contribution in [0.5, 0.6) is 0 Å². The highest BCUT2D eigenvalue weighted by Crippen LogP contribution is 2.30. The number of hydrogen-bond donors (Lipinski definition) is 0. The van der Waals surface area contributed by atoms with Gasteiger partial charge in [0, 0.05) is 22.8 Å². The first-order chi connectivity index (χ1) is 15.2. The Morgan fingerprint density at radius 3 is 2.71 bits per heavy atom. The second kappa shape index (κ2) is 8.61. The summed E-state index contributed by atoms with van der Waals surface area (Å²) in [6, 6.07) is 19.3. The third kappa shape index (κ3) is 4.11. The average molecular weight is 451 g/mol. The molecule has 5 rings (SSSR count). The molecule has 6 nitrogen and oxygen atoms in total. The van der Waals surface area contributed by atoms with Gasteiger partial charge in [0.25, 0.3) is 0 Å². The summed E-state index contributed by atoms with van der Waals surface area (Å²) in [5.41, 5.74) is 3.12. The highest BCUT2D eigenvalue weighted by Gasteiger charge is 2.25. The van der Waals surface area contributed by atoms with Crippen LogP contribution in [-0.2, 0) is 17.8 Å². The van der Waals surface area contributed by atoms with Crippen molar-refractivity contribution in [3.8, 4) is 11.4 Å². The van der Waals surface area contributed by atoms with E-state index < -0.39 is 0 Å². The van der Waals surface area contributed by atoms with E-state index >= 15 is 0 Å². The third-order valence-corrected chi connectivity index (χ3v) is 6.43. The zero-order valence-corrected chi connectivity index (χ0v) is 18.1. The minimum absolute atomic E-state index is 0.0653. The number of furan rings is 1. The van der Waals surface area contributed by atoms with E-state index in [1.165, 1.54) is 17.3 Å². The Bertz CT molecular complexity index is 1200. The fourth-order valence-corrected chi connectivity index (χ4v) is 4.65. The summed E-state index contributed by atoms with van der Waals surface area (Å²) in [5, 5.41) is 10.1. The number of rotatable bonds is 6. The van der Waals surface area contributed by atoms with Crippen molar-refractivity contribution in [2.45, 2.75) is 18.1 Å². The molecule has 1 aliphatic rings. The number of nitrogens with zero attached hydrogens (tertiary/aromatic N) is 4. The van der Waals surface area contributed by atoms with E-state index in [1.54, 1.807) is 6.26 Å². The van der Waals surface area contributed by atoms with Crippen LogP contribution < -0.4 is 4.90 Å². The van der Waals surface area contributed by atoms with Gasteiger partial charge in [0.2, 0.25) is 5.91 Å². The largest absolute Gasteiger partial charge is 0.467 e. The minimum Gasteiger partial charge on any atom is -0.467 e. The van der Waals surface area contributed by atoms with Crippen LogP contribution in [-0.4, -0.2) is 33.0 Å². The number of carbonyl (C=O) groups is 1. The standard InChI is InChI=1S/C23H19ClN4O2S/c24-18-9-7-17(8-10-18)22-25-26-23(28(22)14-19-5-3-13-30-19)31-15-21(29)27-12-11-16-4-1-2-6-20(16)27/h1-10,13H,11-12,14-15H2. The van der Waals surface area contributed by atoms with Crippen molar-refractivity contribution in [3.05, 3.63) is 83.3 Å². The molecule has 1 amide bonds. The maximum Gasteiger partial charge on any atom is 0.237 e. The molecule has 2 aromatic carbocycles. The van der Waals surface area contributed by atoms with Gasteiger partial charge in [0.15, 0.2) is 11.0 Å². The van der Waals surface area contributed by atoms with E-state index in [4.69, 9.17) is 16.0 Å². The van der Waals surface area contributed by atoms with E-state index in [2.05, 4.69) is 16.3 Å². The summed E-state index contributed by atoms with van der Waals surface area (Å²) < 4.78 is 7.51. The molecule has 1 aliphatic heterocycles. The number of anilines is 1. The van der Waals surface area contributed by atoms with Gasteiger partial charge in [-0.25, -0.2) is 0 Å². The molecule has 0 bridgehead atoms. The van der Waals surface area contributed by atoms with Crippen molar-refractivity contribution in [1.29, 1.82) is 0 Å². The molecule has 0 aliphatic carbocycles. The van der Waals surface area contributed by atoms with Crippen molar-refractivity contribution >= 4 is 35.0 Å². The Balaban J connectivity index is 1.38. The van der Waals surface area contributed by atoms with E-state index in [9.17, 15) is 4.79 Å². The molecule has 0 fully saturated rings. The summed E-state index contributed by atoms with van der Waals surface area (Å²) in [6.45, 7) is 1.19. The summed E-state index contributed by atoms with van der Waals surface area (Å²) >= 11 is 7.43. The van der Waals surface area contributed by atoms with Gasteiger partial charge >= 0.3 is 0 Å². The molecule has 156 valence electrons. The second-order valence-electron chi connectivity index (χ2n) is 7.19. The Hall–Kier alpha value is -3.03. The maximum absolute atomic E-state index is 12.9. The number of amides is 1. The predicted octanol–water partition coefficient (Wildman–Crippen LogP) is 4.92. The van der Waals surface area contributed by atoms with Crippen LogP contribution in [0, 0.1) is 0 Å². The molecule has 8 heteroatoms. The van der Waals surface area contributed by atoms with Gasteiger partial charge in [-0.15, -0.1) is 10.2 Å². The van der Waals surface area contributed by atoms with Crippen molar-refractivity contribution in [2.24, 2.45) is 0 Å². The molecule has 31 heavy (non-hydrogen) atoms. The Labute approximate surface area is 188 Å². The van der Waals surface area contributed by atoms with E-state index in [-0.39, 0.29) is 11.7 Å². The number of benzene rings is 2. The van der Waals surface area contributed by atoms with E-state index in [0.717, 1.165) is 23.4 Å². The molecule has 3 heterocycles. The highest BCUT2D eigenvalue weighted by atomic mass is 35.5. The monoisotopic (exact) mass is 450 g/mol. The molecular formula is C23H19ClN4O2S. The van der Waals surface area contributed by atoms with Crippen molar-refractivity contribution in [2.75, 3.05) is 17.2 Å². The van der Waals surface area contributed by atoms with Gasteiger partial charge in [-0.1, -0.05) is 41.6 Å². The molecule has 0 saturated heterocycles. The number of fused-ring (bicyclic) bond motifs is 1. The summed E-state index contributed by atoms with van der Waals surface area (Å²) in [7, 11) is 0. The normalized spacial score (nSPS) is 12.9. The smallest absolute Gasteiger partial charge is 0.237 e. The molecule has 2 aromatic heterocycles. The first-order valence-electron chi connectivity index (χ1n) is 9.91. The van der Waals surface area contributed by atoms with Crippen LogP contribution in [0.4, 0.5) is 5.69 Å². The SMILES string of the molecule is O=C(CSc1nnc(-c2ccc(Cl)cc2)n1Cc1ccco1)N1CCc2ccccc21. The molecule has 0 radical (unpaired) electrons. The fraction of sp³-hybridized carbons (Fsp3) is 0.174. The topological polar surface area (TPSA) is 64.2 Å². The van der Waals surface area contributed by atoms with Gasteiger partial charge < -0.3 is 9.32 Å². The lowest BCUT2D eigenvalue weighted by molar-refractivity contribution is -0.116. The Morgan fingerprint density at radius 2 is 1.90 bits per heavy atom. The van der Waals surface area contributed by atoms with Gasteiger partial charge in [-0.05, 0) is 54.4 Å². The van der Waals surface area contributed by atoms with Crippen LogP contribution in [0.1, 0.15) is 11.3 Å². The summed E-state index contributed by atoms with van der Waals surface area (Å²) in [5.74, 6) is 1.84. The second-order valence-corrected chi connectivity index (χ2v) is 8.57. The van der Waals surface area contributed by atoms with Gasteiger partial charge in [-0.2, -0.15) is 0 Å². The molecule has 4 aromatic rings. The lowest BCUT2D eigenvalue weighted by Gasteiger charge is -2.17. The average Bonchev–Trinajstić information content (AvgIpc) is 3.53. The van der Waals surface area contributed by atoms with E-state index in [1.807, 2.05) is 64.1 Å². The third-order valence-electron chi connectivity index (χ3n) is 5.23. The zero-order chi connectivity index (χ0) is 21.2. The Morgan fingerprint density at radius 1 is 1.06 bits per heavy atom. The molecular weight excluding hydrogens is 432 g/mol. The zero-order valence-electron chi connectivity index (χ0n) is 16.6. The van der Waals surface area contributed by atoms with Gasteiger partial charge in [0.1, 0.15) is 5.76 Å². The number of hydrogen-bond acceptors (Lipinski definition) is 5. The first-order valence-corrected chi connectivity index (χ1v) is 11.3. The quantitative estimate of drug-likeness (QED) is 0.390. The lowest BCUT2D eigenvalue weighted by atomic mass is 10.2. The fourth-order valence-electron chi connectivity index (χ4n) is 3.71. The van der Waals surface area contributed by atoms with Crippen LogP contribution in [0.2, 0.25) is 5.02 Å². The maximum atomic E-state index is 12.9. The number of para-hydroxylation sites is 1. The van der Waals surface area contributed by atoms with E-state index in [0.29, 0.717) is 29.1 Å². The van der Waals surface area contributed by atoms with Gasteiger partial charge in [0.05, 0.1) is 18.6 Å². The van der Waals surface area contributed by atoms with Gasteiger partial charge in [-0.3, -0.25) is 9.36 Å². The number of aromatic nitrogens is 3. The van der Waals surface area contributed by atoms with Crippen LogP contribution >= 0.6 is 23.4 Å². The summed E-state index contributed by atoms with van der Waals surface area (Å²) in [4.78, 5) is 14.8. The Kier molecular flexibility index (Phi) is 5.53. The van der Waals surface area contributed by atoms with Crippen LogP contribution in [0.3, 0.4) is 0 Å². The van der Waals surface area contributed by atoms with Crippen molar-refractivity contribution < 1.29 is 9.21 Å². The highest BCUT2D eigenvalue weighted by molar-refractivity contribution is 7.99. The molecule has 0 saturated carbocycles. The summed E-state index contributed by atoms with van der Waals surface area (Å²) in [6.07, 6.45) is 2.53. The predicted molar refractivity (Wildman–Crippen MR) is 122 cm³/mol. The minimum atomic E-state index is 0.0653. The molecule has 0 atom stereocenters. The molecule has 0 N–H and O–H groups in total. The number of carbonyl (C=O) groups excluding carboxylic acids is 1. The number of thioether (sulfide) groups is 1. The number of halogens is 1. The lowest BCUT2D eigenvalue weighted by Crippen LogP contribution is -2.30. The first kappa shape index (κ1) is 19.9.